The summed E-state index contributed by atoms with van der Waals surface area (Å²) in [5, 5.41) is 4.00. The molecule has 0 bridgehead atoms. The summed E-state index contributed by atoms with van der Waals surface area (Å²) in [7, 11) is -2.88. The van der Waals surface area contributed by atoms with Gasteiger partial charge >= 0.3 is 0 Å². The van der Waals surface area contributed by atoms with Gasteiger partial charge in [-0.3, -0.25) is 4.79 Å². The molecule has 2 unspecified atom stereocenters. The number of thiazole rings is 1. The largest absolute Gasteiger partial charge is 0.355 e. The van der Waals surface area contributed by atoms with Gasteiger partial charge in [0.2, 0.25) is 5.91 Å². The normalized spacial score (nSPS) is 21.0. The molecule has 8 heteroatoms. The van der Waals surface area contributed by atoms with Crippen LogP contribution in [-0.4, -0.2) is 48.4 Å². The number of nitrogens with zero attached hydrogens (tertiary/aromatic N) is 1. The molecule has 5 nitrogen and oxygen atoms in total. The van der Waals surface area contributed by atoms with Crippen molar-refractivity contribution >= 4 is 49.1 Å². The van der Waals surface area contributed by atoms with E-state index in [4.69, 9.17) is 0 Å². The summed E-state index contributed by atoms with van der Waals surface area (Å²) in [6.45, 7) is 2.59. The average Bonchev–Trinajstić information content (AvgIpc) is 3.13. The highest BCUT2D eigenvalue weighted by atomic mass is 32.2. The Morgan fingerprint density at radius 3 is 2.96 bits per heavy atom. The van der Waals surface area contributed by atoms with Crippen molar-refractivity contribution in [2.45, 2.75) is 24.5 Å². The van der Waals surface area contributed by atoms with Gasteiger partial charge in [-0.2, -0.15) is 0 Å². The van der Waals surface area contributed by atoms with Gasteiger partial charge in [0.15, 0.2) is 9.84 Å². The Bertz CT molecular complexity index is 799. The van der Waals surface area contributed by atoms with E-state index >= 15 is 0 Å². The van der Waals surface area contributed by atoms with Crippen LogP contribution in [0.3, 0.4) is 0 Å². The number of thioether (sulfide) groups is 1. The molecule has 1 N–H and O–H groups in total. The Balaban J connectivity index is 1.45. The van der Waals surface area contributed by atoms with Crippen LogP contribution in [0.15, 0.2) is 24.3 Å². The number of sulfone groups is 1. The van der Waals surface area contributed by atoms with E-state index in [1.54, 1.807) is 11.3 Å². The van der Waals surface area contributed by atoms with Crippen molar-refractivity contribution in [1.82, 2.24) is 10.3 Å². The molecular weight excluding hydrogens is 364 g/mol. The van der Waals surface area contributed by atoms with Crippen LogP contribution in [0.2, 0.25) is 0 Å². The molecule has 0 saturated carbocycles. The van der Waals surface area contributed by atoms with E-state index in [1.165, 1.54) is 11.8 Å². The number of carbonyl (C=O) groups is 1. The molecule has 2 atom stereocenters. The molecule has 24 heavy (non-hydrogen) atoms. The van der Waals surface area contributed by atoms with Crippen molar-refractivity contribution in [2.75, 3.05) is 23.8 Å². The number of para-hydroxylation sites is 1. The summed E-state index contributed by atoms with van der Waals surface area (Å²) in [5.41, 5.74) is 0.994. The van der Waals surface area contributed by atoms with Gasteiger partial charge in [-0.15, -0.1) is 23.1 Å². The molecule has 1 aromatic carbocycles. The topological polar surface area (TPSA) is 76.1 Å². The van der Waals surface area contributed by atoms with Crippen LogP contribution in [0.5, 0.6) is 0 Å². The first kappa shape index (κ1) is 17.7. The summed E-state index contributed by atoms with van der Waals surface area (Å²) < 4.78 is 24.0. The molecule has 1 aliphatic heterocycles. The molecule has 1 aliphatic rings. The third kappa shape index (κ3) is 4.49. The minimum absolute atomic E-state index is 0.0442. The number of benzene rings is 1. The fourth-order valence-electron chi connectivity index (χ4n) is 2.59. The first-order chi connectivity index (χ1) is 11.4. The Hall–Kier alpha value is -1.12. The van der Waals surface area contributed by atoms with Crippen LogP contribution < -0.4 is 5.32 Å². The molecule has 2 aromatic rings. The second-order valence-corrected chi connectivity index (χ2v) is 10.6. The van der Waals surface area contributed by atoms with Gasteiger partial charge in [0.05, 0.1) is 32.5 Å². The van der Waals surface area contributed by atoms with E-state index in [9.17, 15) is 13.2 Å². The quantitative estimate of drug-likeness (QED) is 0.828. The zero-order valence-corrected chi connectivity index (χ0v) is 15.8. The monoisotopic (exact) mass is 384 g/mol. The Morgan fingerprint density at radius 2 is 2.25 bits per heavy atom. The van der Waals surface area contributed by atoms with Crippen molar-refractivity contribution in [3.05, 3.63) is 29.3 Å². The van der Waals surface area contributed by atoms with Crippen LogP contribution in [-0.2, 0) is 14.6 Å². The lowest BCUT2D eigenvalue weighted by Gasteiger charge is -2.11. The molecule has 2 heterocycles. The lowest BCUT2D eigenvalue weighted by molar-refractivity contribution is -0.118. The van der Waals surface area contributed by atoms with Gasteiger partial charge in [-0.25, -0.2) is 13.4 Å². The van der Waals surface area contributed by atoms with E-state index in [0.29, 0.717) is 18.7 Å². The lowest BCUT2D eigenvalue weighted by Crippen LogP contribution is -2.29. The second-order valence-electron chi connectivity index (χ2n) is 6.06. The van der Waals surface area contributed by atoms with E-state index < -0.39 is 9.84 Å². The summed E-state index contributed by atoms with van der Waals surface area (Å²) in [5.74, 6) is 0.876. The summed E-state index contributed by atoms with van der Waals surface area (Å²) >= 11 is 3.10. The molecule has 0 radical (unpaired) electrons. The zero-order valence-electron chi connectivity index (χ0n) is 13.4. The van der Waals surface area contributed by atoms with Crippen LogP contribution in [0.25, 0.3) is 10.2 Å². The minimum atomic E-state index is -2.88. The maximum Gasteiger partial charge on any atom is 0.230 e. The standard InChI is InChI=1S/C16H20N2O3S3/c1-11(16-18-13-4-2-3-5-14(13)23-16)8-17-15(19)9-22-12-6-7-24(20,21)10-12/h2-5,11-12H,6-10H2,1H3,(H,17,19). The third-order valence-electron chi connectivity index (χ3n) is 3.98. The Kier molecular flexibility index (Phi) is 5.46. The molecule has 1 fully saturated rings. The maximum atomic E-state index is 12.0. The van der Waals surface area contributed by atoms with Crippen LogP contribution in [0.4, 0.5) is 0 Å². The van der Waals surface area contributed by atoms with Gasteiger partial charge in [0.1, 0.15) is 0 Å². The summed E-state index contributed by atoms with van der Waals surface area (Å²) in [4.78, 5) is 16.6. The van der Waals surface area contributed by atoms with Gasteiger partial charge in [-0.1, -0.05) is 19.1 Å². The molecule has 0 spiro atoms. The van der Waals surface area contributed by atoms with Crippen molar-refractivity contribution in [2.24, 2.45) is 0 Å². The highest BCUT2D eigenvalue weighted by Crippen LogP contribution is 2.27. The maximum absolute atomic E-state index is 12.0. The van der Waals surface area contributed by atoms with E-state index in [0.717, 1.165) is 15.2 Å². The zero-order chi connectivity index (χ0) is 17.2. The fraction of sp³-hybridized carbons (Fsp3) is 0.500. The smallest absolute Gasteiger partial charge is 0.230 e. The van der Waals surface area contributed by atoms with E-state index in [1.807, 2.05) is 24.3 Å². The molecule has 1 amide bonds. The van der Waals surface area contributed by atoms with Gasteiger partial charge in [0.25, 0.3) is 0 Å². The average molecular weight is 385 g/mol. The van der Waals surface area contributed by atoms with Crippen molar-refractivity contribution in [1.29, 1.82) is 0 Å². The van der Waals surface area contributed by atoms with Crippen LogP contribution in [0.1, 0.15) is 24.3 Å². The fourth-order valence-corrected chi connectivity index (χ4v) is 7.08. The number of amides is 1. The summed E-state index contributed by atoms with van der Waals surface area (Å²) in [6.07, 6.45) is 0.655. The second kappa shape index (κ2) is 7.41. The predicted octanol–water partition coefficient (Wildman–Crippen LogP) is 2.44. The highest BCUT2D eigenvalue weighted by molar-refractivity contribution is 8.02. The number of aromatic nitrogens is 1. The number of fused-ring (bicyclic) bond motifs is 1. The van der Waals surface area contributed by atoms with Crippen LogP contribution >= 0.6 is 23.1 Å². The first-order valence-corrected chi connectivity index (χ1v) is 11.6. The molecule has 0 aliphatic carbocycles. The molecule has 3 rings (SSSR count). The van der Waals surface area contributed by atoms with Gasteiger partial charge < -0.3 is 5.32 Å². The predicted molar refractivity (Wildman–Crippen MR) is 101 cm³/mol. The van der Waals surface area contributed by atoms with Crippen molar-refractivity contribution < 1.29 is 13.2 Å². The Labute approximate surface area is 150 Å². The minimum Gasteiger partial charge on any atom is -0.355 e. The molecule has 130 valence electrons. The van der Waals surface area contributed by atoms with Crippen LogP contribution in [0, 0.1) is 0 Å². The van der Waals surface area contributed by atoms with E-state index in [-0.39, 0.29) is 28.6 Å². The summed E-state index contributed by atoms with van der Waals surface area (Å²) in [6, 6.07) is 8.01. The lowest BCUT2D eigenvalue weighted by atomic mass is 10.2. The number of carbonyl (C=O) groups excluding carboxylic acids is 1. The number of rotatable bonds is 6. The van der Waals surface area contributed by atoms with Crippen molar-refractivity contribution in [3.8, 4) is 0 Å². The number of nitrogens with one attached hydrogen (secondary N) is 1. The van der Waals surface area contributed by atoms with E-state index in [2.05, 4.69) is 17.2 Å². The SMILES string of the molecule is CC(CNC(=O)CSC1CCS(=O)(=O)C1)c1nc2ccccc2s1. The van der Waals surface area contributed by atoms with Gasteiger partial charge in [0, 0.05) is 17.7 Å². The molecular formula is C16H20N2O3S3. The first-order valence-electron chi connectivity index (χ1n) is 7.87. The number of hydrogen-bond acceptors (Lipinski definition) is 6. The third-order valence-corrected chi connectivity index (χ3v) is 8.53. The molecule has 1 saturated heterocycles. The number of hydrogen-bond donors (Lipinski definition) is 1. The Morgan fingerprint density at radius 1 is 1.46 bits per heavy atom. The van der Waals surface area contributed by atoms with Gasteiger partial charge in [-0.05, 0) is 18.6 Å². The van der Waals surface area contributed by atoms with Crippen molar-refractivity contribution in [3.63, 3.8) is 0 Å². The highest BCUT2D eigenvalue weighted by Gasteiger charge is 2.28. The molecule has 1 aromatic heterocycles.